The van der Waals surface area contributed by atoms with Crippen molar-refractivity contribution in [3.05, 3.63) is 15.4 Å². The minimum Gasteiger partial charge on any atom is -0.371 e. The van der Waals surface area contributed by atoms with E-state index in [9.17, 15) is 0 Å². The van der Waals surface area contributed by atoms with Crippen LogP contribution in [0.15, 0.2) is 15.4 Å². The summed E-state index contributed by atoms with van der Waals surface area (Å²) in [5, 5.41) is 2.88. The molecule has 3 nitrogen and oxygen atoms in total. The molecule has 1 heterocycles. The molecule has 5 heteroatoms. The zero-order valence-electron chi connectivity index (χ0n) is 7.23. The predicted octanol–water partition coefficient (Wildman–Crippen LogP) is 3.07. The largest absolute Gasteiger partial charge is 0.371 e. The molecule has 1 aromatic heterocycles. The van der Waals surface area contributed by atoms with E-state index in [2.05, 4.69) is 47.1 Å². The van der Waals surface area contributed by atoms with Crippen LogP contribution in [0, 0.1) is 0 Å². The monoisotopic (exact) mass is 295 g/mol. The second-order valence-corrected chi connectivity index (χ2v) is 3.15. The summed E-state index contributed by atoms with van der Waals surface area (Å²) < 4.78 is 1.43. The van der Waals surface area contributed by atoms with E-state index in [0.29, 0.717) is 4.60 Å². The summed E-state index contributed by atoms with van der Waals surface area (Å²) in [6, 6.07) is 0. The molecule has 0 radical (unpaired) electrons. The number of nitrogens with one attached hydrogen (secondary N) is 1. The summed E-state index contributed by atoms with van der Waals surface area (Å²) in [6.45, 7) is 4.00. The van der Waals surface area contributed by atoms with E-state index in [1.165, 1.54) is 0 Å². The van der Waals surface area contributed by atoms with Crippen LogP contribution in [0.3, 0.4) is 0 Å². The predicted molar refractivity (Wildman–Crippen MR) is 58.3 cm³/mol. The topological polar surface area (TPSA) is 37.8 Å². The van der Waals surface area contributed by atoms with Gasteiger partial charge in [-0.15, -0.1) is 0 Å². The molecule has 0 amide bonds. The van der Waals surface area contributed by atoms with Crippen LogP contribution in [0.5, 0.6) is 0 Å². The molecule has 12 heavy (non-hydrogen) atoms. The smallest absolute Gasteiger partial charge is 0.159 e. The summed E-state index contributed by atoms with van der Waals surface area (Å²) in [5.41, 5.74) is 0. The first kappa shape index (κ1) is 11.8. The molecule has 0 fully saturated rings. The average Bonchev–Trinajstić information content (AvgIpc) is 2.08. The van der Waals surface area contributed by atoms with Crippen molar-refractivity contribution in [1.82, 2.24) is 9.97 Å². The van der Waals surface area contributed by atoms with Crippen LogP contribution in [0.25, 0.3) is 0 Å². The van der Waals surface area contributed by atoms with E-state index >= 15 is 0 Å². The highest BCUT2D eigenvalue weighted by molar-refractivity contribution is 9.11. The van der Waals surface area contributed by atoms with Crippen molar-refractivity contribution in [2.24, 2.45) is 0 Å². The summed E-state index contributed by atoms with van der Waals surface area (Å²) in [4.78, 5) is 8.08. The molecule has 0 saturated carbocycles. The summed E-state index contributed by atoms with van der Waals surface area (Å²) in [5.74, 6) is 0.739. The summed E-state index contributed by atoms with van der Waals surface area (Å²) in [7, 11) is 1.79. The zero-order chi connectivity index (χ0) is 9.56. The van der Waals surface area contributed by atoms with E-state index in [1.54, 1.807) is 13.2 Å². The van der Waals surface area contributed by atoms with Crippen LogP contribution in [-0.4, -0.2) is 17.0 Å². The van der Waals surface area contributed by atoms with Gasteiger partial charge in [0.15, 0.2) is 5.82 Å². The van der Waals surface area contributed by atoms with Gasteiger partial charge in [0.05, 0.1) is 6.20 Å². The highest BCUT2D eigenvalue weighted by Gasteiger charge is 1.99. The van der Waals surface area contributed by atoms with Gasteiger partial charge in [0.25, 0.3) is 0 Å². The Hall–Kier alpha value is -0.160. The lowest BCUT2D eigenvalue weighted by Crippen LogP contribution is -1.94. The molecular formula is C7H11Br2N3. The van der Waals surface area contributed by atoms with Gasteiger partial charge in [0.1, 0.15) is 9.21 Å². The third-order valence-corrected chi connectivity index (χ3v) is 1.87. The number of anilines is 1. The minimum absolute atomic E-state index is 0.712. The molecule has 0 bridgehead atoms. The van der Waals surface area contributed by atoms with Crippen molar-refractivity contribution in [3.63, 3.8) is 0 Å². The molecule has 0 aliphatic carbocycles. The fourth-order valence-electron chi connectivity index (χ4n) is 0.514. The number of halogens is 2. The van der Waals surface area contributed by atoms with Gasteiger partial charge >= 0.3 is 0 Å². The molecular weight excluding hydrogens is 286 g/mol. The molecule has 1 aromatic rings. The molecule has 68 valence electrons. The maximum Gasteiger partial charge on any atom is 0.159 e. The van der Waals surface area contributed by atoms with Gasteiger partial charge in [-0.1, -0.05) is 13.8 Å². The van der Waals surface area contributed by atoms with E-state index in [-0.39, 0.29) is 0 Å². The Labute approximate surface area is 89.3 Å². The highest BCUT2D eigenvalue weighted by Crippen LogP contribution is 2.18. The Bertz CT molecular complexity index is 240. The molecule has 0 unspecified atom stereocenters. The molecule has 0 atom stereocenters. The maximum absolute atomic E-state index is 4.05. The fraction of sp³-hybridized carbons (Fsp3) is 0.429. The Morgan fingerprint density at radius 1 is 1.33 bits per heavy atom. The Morgan fingerprint density at radius 3 is 2.33 bits per heavy atom. The standard InChI is InChI=1S/C5H5Br2N3.C2H6/c1-8-5-4(7)10-3(6)2-9-5;1-2/h2H,1H3,(H,8,9);1-2H3. The number of rotatable bonds is 1. The van der Waals surface area contributed by atoms with Gasteiger partial charge in [0.2, 0.25) is 0 Å². The number of hydrogen-bond acceptors (Lipinski definition) is 3. The van der Waals surface area contributed by atoms with Crippen molar-refractivity contribution in [3.8, 4) is 0 Å². The zero-order valence-corrected chi connectivity index (χ0v) is 10.4. The average molecular weight is 297 g/mol. The second kappa shape index (κ2) is 6.37. The molecule has 0 aliphatic heterocycles. The van der Waals surface area contributed by atoms with Gasteiger partial charge in [-0.25, -0.2) is 9.97 Å². The summed E-state index contributed by atoms with van der Waals surface area (Å²) >= 11 is 6.44. The third-order valence-electron chi connectivity index (χ3n) is 0.937. The van der Waals surface area contributed by atoms with Crippen LogP contribution in [0.2, 0.25) is 0 Å². The van der Waals surface area contributed by atoms with Crippen LogP contribution in [-0.2, 0) is 0 Å². The number of hydrogen-bond donors (Lipinski definition) is 1. The van der Waals surface area contributed by atoms with E-state index in [1.807, 2.05) is 13.8 Å². The van der Waals surface area contributed by atoms with Gasteiger partial charge < -0.3 is 5.32 Å². The lowest BCUT2D eigenvalue weighted by molar-refractivity contribution is 1.12. The van der Waals surface area contributed by atoms with Crippen molar-refractivity contribution >= 4 is 37.7 Å². The van der Waals surface area contributed by atoms with Gasteiger partial charge in [-0.05, 0) is 31.9 Å². The molecule has 1 rings (SSSR count). The summed E-state index contributed by atoms with van der Waals surface area (Å²) in [6.07, 6.45) is 1.64. The van der Waals surface area contributed by atoms with Crippen molar-refractivity contribution in [2.45, 2.75) is 13.8 Å². The molecule has 0 spiro atoms. The lowest BCUT2D eigenvalue weighted by Gasteiger charge is -1.99. The first-order valence-electron chi connectivity index (χ1n) is 3.60. The minimum atomic E-state index is 0.712. The second-order valence-electron chi connectivity index (χ2n) is 1.58. The van der Waals surface area contributed by atoms with Crippen molar-refractivity contribution < 1.29 is 0 Å². The van der Waals surface area contributed by atoms with Gasteiger partial charge in [-0.3, -0.25) is 0 Å². The van der Waals surface area contributed by atoms with E-state index in [0.717, 1.165) is 10.4 Å². The quantitative estimate of drug-likeness (QED) is 0.865. The van der Waals surface area contributed by atoms with Gasteiger partial charge in [-0.2, -0.15) is 0 Å². The normalized spacial score (nSPS) is 8.42. The highest BCUT2D eigenvalue weighted by atomic mass is 79.9. The van der Waals surface area contributed by atoms with Crippen LogP contribution in [0.1, 0.15) is 13.8 Å². The van der Waals surface area contributed by atoms with Crippen molar-refractivity contribution in [1.29, 1.82) is 0 Å². The first-order valence-corrected chi connectivity index (χ1v) is 5.18. The molecule has 0 aromatic carbocycles. The lowest BCUT2D eigenvalue weighted by atomic mass is 10.7. The fourth-order valence-corrected chi connectivity index (χ4v) is 1.52. The SMILES string of the molecule is CC.CNc1ncc(Br)nc1Br. The number of nitrogens with zero attached hydrogens (tertiary/aromatic N) is 2. The Kier molecular flexibility index (Phi) is 6.28. The van der Waals surface area contributed by atoms with Crippen LogP contribution >= 0.6 is 31.9 Å². The van der Waals surface area contributed by atoms with Gasteiger partial charge in [0, 0.05) is 7.05 Å². The van der Waals surface area contributed by atoms with Crippen molar-refractivity contribution in [2.75, 3.05) is 12.4 Å². The maximum atomic E-state index is 4.05. The van der Waals surface area contributed by atoms with E-state index in [4.69, 9.17) is 0 Å². The van der Waals surface area contributed by atoms with E-state index < -0.39 is 0 Å². The third kappa shape index (κ3) is 3.49. The Balaban J connectivity index is 0.000000561. The molecule has 0 saturated heterocycles. The van der Waals surface area contributed by atoms with Crippen LogP contribution in [0.4, 0.5) is 5.82 Å². The number of aromatic nitrogens is 2. The first-order chi connectivity index (χ1) is 5.74. The molecule has 0 aliphatic rings. The van der Waals surface area contributed by atoms with Crippen LogP contribution < -0.4 is 5.32 Å². The molecule has 1 N–H and O–H groups in total. The Morgan fingerprint density at radius 2 is 1.92 bits per heavy atom.